The minimum atomic E-state index is -0.614. The lowest BCUT2D eigenvalue weighted by molar-refractivity contribution is -0.136. The number of piperidine rings is 1. The first-order chi connectivity index (χ1) is 13.0. The minimum absolute atomic E-state index is 0.184. The fourth-order valence-corrected chi connectivity index (χ4v) is 3.59. The predicted octanol–water partition coefficient (Wildman–Crippen LogP) is 1.04. The molecule has 0 saturated carbocycles. The number of fused-ring (bicyclic) bond motifs is 1. The van der Waals surface area contributed by atoms with Crippen LogP contribution >= 0.6 is 0 Å². The summed E-state index contributed by atoms with van der Waals surface area (Å²) in [5.74, 6) is -0.493. The first kappa shape index (κ1) is 17.0. The molecule has 0 bridgehead atoms. The lowest BCUT2D eigenvalue weighted by atomic mass is 10.0. The first-order valence-corrected chi connectivity index (χ1v) is 8.74. The average Bonchev–Trinajstić information content (AvgIpc) is 2.98. The highest BCUT2D eigenvalue weighted by Gasteiger charge is 2.39. The molecule has 1 atom stereocenters. The number of hydrogen-bond acceptors (Lipinski definition) is 6. The zero-order chi connectivity index (χ0) is 19.0. The van der Waals surface area contributed by atoms with Crippen LogP contribution in [0.4, 0.5) is 11.5 Å². The third kappa shape index (κ3) is 3.10. The molecule has 1 fully saturated rings. The number of hydrogen-bond donors (Lipinski definition) is 3. The lowest BCUT2D eigenvalue weighted by Gasteiger charge is -2.29. The van der Waals surface area contributed by atoms with Crippen molar-refractivity contribution in [1.29, 1.82) is 0 Å². The summed E-state index contributed by atoms with van der Waals surface area (Å²) in [6, 6.07) is 8.65. The molecule has 0 spiro atoms. The second kappa shape index (κ2) is 6.71. The number of nitrogens with zero attached hydrogens (tertiary/aromatic N) is 2. The molecular weight excluding hydrogens is 346 g/mol. The van der Waals surface area contributed by atoms with Crippen molar-refractivity contribution in [1.82, 2.24) is 15.2 Å². The molecule has 2 aromatic rings. The van der Waals surface area contributed by atoms with Crippen LogP contribution < -0.4 is 16.4 Å². The molecule has 138 valence electrons. The third-order valence-electron chi connectivity index (χ3n) is 4.95. The van der Waals surface area contributed by atoms with E-state index in [1.54, 1.807) is 17.2 Å². The predicted molar refractivity (Wildman–Crippen MR) is 98.5 cm³/mol. The Balaban J connectivity index is 1.56. The van der Waals surface area contributed by atoms with Crippen molar-refractivity contribution < 1.29 is 14.4 Å². The van der Waals surface area contributed by atoms with E-state index in [9.17, 15) is 14.4 Å². The number of carbonyl (C=O) groups is 3. The molecule has 4 rings (SSSR count). The molecule has 3 heterocycles. The Labute approximate surface area is 155 Å². The Morgan fingerprint density at radius 3 is 2.85 bits per heavy atom. The van der Waals surface area contributed by atoms with Crippen molar-refractivity contribution >= 4 is 29.2 Å². The van der Waals surface area contributed by atoms with E-state index in [2.05, 4.69) is 15.6 Å². The van der Waals surface area contributed by atoms with Crippen molar-refractivity contribution in [2.75, 3.05) is 11.1 Å². The van der Waals surface area contributed by atoms with Crippen molar-refractivity contribution in [3.63, 3.8) is 0 Å². The van der Waals surface area contributed by atoms with Gasteiger partial charge >= 0.3 is 0 Å². The Morgan fingerprint density at radius 1 is 1.22 bits per heavy atom. The van der Waals surface area contributed by atoms with Gasteiger partial charge in [0.2, 0.25) is 11.8 Å². The van der Waals surface area contributed by atoms with E-state index in [0.29, 0.717) is 36.6 Å². The molecule has 8 heteroatoms. The first-order valence-electron chi connectivity index (χ1n) is 8.74. The molecule has 1 unspecified atom stereocenters. The molecule has 2 aliphatic rings. The molecule has 1 aromatic carbocycles. The van der Waals surface area contributed by atoms with Crippen LogP contribution in [0.3, 0.4) is 0 Å². The van der Waals surface area contributed by atoms with Crippen molar-refractivity contribution in [2.45, 2.75) is 32.0 Å². The maximum absolute atomic E-state index is 13.0. The smallest absolute Gasteiger partial charge is 0.255 e. The van der Waals surface area contributed by atoms with E-state index in [0.717, 1.165) is 11.1 Å². The number of benzene rings is 1. The summed E-state index contributed by atoms with van der Waals surface area (Å²) < 4.78 is 0. The standard InChI is InChI=1S/C19H19N5O3/c20-17-13(5-2-8-21-17)22-9-11-3-1-4-12-10-24(19(27)16(11)12)14-6-7-15(25)23-18(14)26/h1-5,8,14,22H,6-7,9-10H2,(H2,20,21)(H,23,25,26). The highest BCUT2D eigenvalue weighted by Crippen LogP contribution is 2.30. The minimum Gasteiger partial charge on any atom is -0.382 e. The quantitative estimate of drug-likeness (QED) is 0.697. The second-order valence-corrected chi connectivity index (χ2v) is 6.64. The lowest BCUT2D eigenvalue weighted by Crippen LogP contribution is -2.52. The summed E-state index contributed by atoms with van der Waals surface area (Å²) in [6.45, 7) is 0.775. The zero-order valence-corrected chi connectivity index (χ0v) is 14.6. The number of carbonyl (C=O) groups excluding carboxylic acids is 3. The van der Waals surface area contributed by atoms with Crippen LogP contribution in [0.1, 0.15) is 34.3 Å². The molecular formula is C19H19N5O3. The van der Waals surface area contributed by atoms with Gasteiger partial charge in [0.15, 0.2) is 0 Å². The second-order valence-electron chi connectivity index (χ2n) is 6.64. The Bertz CT molecular complexity index is 943. The normalized spacial score (nSPS) is 19.0. The number of aromatic nitrogens is 1. The Hall–Kier alpha value is -3.42. The van der Waals surface area contributed by atoms with Crippen LogP contribution in [0.25, 0.3) is 0 Å². The van der Waals surface area contributed by atoms with Crippen molar-refractivity contribution in [3.05, 3.63) is 53.2 Å². The highest BCUT2D eigenvalue weighted by atomic mass is 16.2. The summed E-state index contributed by atoms with van der Waals surface area (Å²) in [5.41, 5.74) is 8.86. The number of nitrogen functional groups attached to an aromatic ring is 1. The third-order valence-corrected chi connectivity index (χ3v) is 4.95. The SMILES string of the molecule is Nc1ncccc1NCc1cccc2c1C(=O)N(C1CCC(=O)NC1=O)C2. The number of anilines is 2. The van der Waals surface area contributed by atoms with Crippen LogP contribution in [0.5, 0.6) is 0 Å². The molecule has 4 N–H and O–H groups in total. The van der Waals surface area contributed by atoms with Crippen molar-refractivity contribution in [2.24, 2.45) is 0 Å². The number of rotatable bonds is 4. The highest BCUT2D eigenvalue weighted by molar-refractivity contribution is 6.06. The fraction of sp³-hybridized carbons (Fsp3) is 0.263. The van der Waals surface area contributed by atoms with E-state index in [1.165, 1.54) is 0 Å². The van der Waals surface area contributed by atoms with E-state index in [4.69, 9.17) is 5.73 Å². The van der Waals surface area contributed by atoms with Gasteiger partial charge in [-0.2, -0.15) is 0 Å². The number of nitrogens with one attached hydrogen (secondary N) is 2. The summed E-state index contributed by atoms with van der Waals surface area (Å²) in [4.78, 5) is 42.1. The molecule has 0 radical (unpaired) electrons. The van der Waals surface area contributed by atoms with Gasteiger partial charge in [-0.15, -0.1) is 0 Å². The van der Waals surface area contributed by atoms with Gasteiger partial charge in [-0.05, 0) is 29.7 Å². The van der Waals surface area contributed by atoms with Crippen LogP contribution in [0.15, 0.2) is 36.5 Å². The van der Waals surface area contributed by atoms with Gasteiger partial charge in [0, 0.05) is 31.3 Å². The number of amides is 3. The maximum atomic E-state index is 13.0. The molecule has 27 heavy (non-hydrogen) atoms. The van der Waals surface area contributed by atoms with Gasteiger partial charge in [0.05, 0.1) is 5.69 Å². The number of pyridine rings is 1. The maximum Gasteiger partial charge on any atom is 0.255 e. The molecule has 0 aliphatic carbocycles. The summed E-state index contributed by atoms with van der Waals surface area (Å²) in [7, 11) is 0. The van der Waals surface area contributed by atoms with Gasteiger partial charge < -0.3 is 16.0 Å². The topological polar surface area (TPSA) is 117 Å². The van der Waals surface area contributed by atoms with Gasteiger partial charge in [-0.25, -0.2) is 4.98 Å². The summed E-state index contributed by atoms with van der Waals surface area (Å²) in [6.07, 6.45) is 2.21. The van der Waals surface area contributed by atoms with Gasteiger partial charge in [-0.1, -0.05) is 18.2 Å². The fourth-order valence-electron chi connectivity index (χ4n) is 3.59. The van der Waals surface area contributed by atoms with Gasteiger partial charge in [0.1, 0.15) is 11.9 Å². The van der Waals surface area contributed by atoms with E-state index >= 15 is 0 Å². The largest absolute Gasteiger partial charge is 0.382 e. The van der Waals surface area contributed by atoms with Crippen LogP contribution in [-0.4, -0.2) is 33.6 Å². The Kier molecular flexibility index (Phi) is 4.23. The molecule has 1 aromatic heterocycles. The Morgan fingerprint density at radius 2 is 2.07 bits per heavy atom. The molecule has 3 amide bonds. The molecule has 2 aliphatic heterocycles. The van der Waals surface area contributed by atoms with E-state index < -0.39 is 11.9 Å². The number of nitrogens with two attached hydrogens (primary N) is 1. The van der Waals surface area contributed by atoms with Crippen LogP contribution in [0, 0.1) is 0 Å². The summed E-state index contributed by atoms with van der Waals surface area (Å²) >= 11 is 0. The van der Waals surface area contributed by atoms with Gasteiger partial charge in [-0.3, -0.25) is 19.7 Å². The average molecular weight is 365 g/mol. The van der Waals surface area contributed by atoms with Crippen molar-refractivity contribution in [3.8, 4) is 0 Å². The molecule has 8 nitrogen and oxygen atoms in total. The summed E-state index contributed by atoms with van der Waals surface area (Å²) in [5, 5.41) is 5.52. The molecule has 1 saturated heterocycles. The van der Waals surface area contributed by atoms with E-state index in [1.807, 2.05) is 24.3 Å². The number of imide groups is 1. The van der Waals surface area contributed by atoms with Gasteiger partial charge in [0.25, 0.3) is 5.91 Å². The van der Waals surface area contributed by atoms with E-state index in [-0.39, 0.29) is 18.2 Å². The van der Waals surface area contributed by atoms with Crippen LogP contribution in [0.2, 0.25) is 0 Å². The zero-order valence-electron chi connectivity index (χ0n) is 14.6. The van der Waals surface area contributed by atoms with Crippen LogP contribution in [-0.2, 0) is 22.7 Å². The monoisotopic (exact) mass is 365 g/mol.